The lowest BCUT2D eigenvalue weighted by Gasteiger charge is -2.08. The molecule has 0 aliphatic carbocycles. The summed E-state index contributed by atoms with van der Waals surface area (Å²) in [6, 6.07) is 9.21. The number of hydrogen-bond donors (Lipinski definition) is 2. The van der Waals surface area contributed by atoms with Gasteiger partial charge < -0.3 is 20.0 Å². The number of rotatable bonds is 7. The SMILES string of the molecule is COc1ccc(/C=N\NC(=O)c2cc(Cl)ccc2O)cc1Cn1cnc([N+](=O)[O-])n1. The fourth-order valence-corrected chi connectivity index (χ4v) is 2.71. The molecule has 0 spiro atoms. The Bertz CT molecular complexity index is 1130. The number of methoxy groups -OCH3 is 1. The van der Waals surface area contributed by atoms with Crippen LogP contribution in [0.1, 0.15) is 21.5 Å². The molecule has 1 amide bonds. The molecule has 0 unspecified atom stereocenters. The van der Waals surface area contributed by atoms with Gasteiger partial charge in [-0.05, 0) is 46.9 Å². The van der Waals surface area contributed by atoms with Crippen molar-refractivity contribution in [3.8, 4) is 11.5 Å². The lowest BCUT2D eigenvalue weighted by Crippen LogP contribution is -2.17. The maximum Gasteiger partial charge on any atom is 0.490 e. The Hall–Kier alpha value is -3.99. The summed E-state index contributed by atoms with van der Waals surface area (Å²) in [5.74, 6) is -0.812. The van der Waals surface area contributed by atoms with E-state index in [1.54, 1.807) is 18.2 Å². The average Bonchev–Trinajstić information content (AvgIpc) is 3.19. The molecule has 0 bridgehead atoms. The Morgan fingerprint density at radius 3 is 2.90 bits per heavy atom. The van der Waals surface area contributed by atoms with Gasteiger partial charge in [0, 0.05) is 15.7 Å². The monoisotopic (exact) mass is 430 g/mol. The Morgan fingerprint density at radius 1 is 1.40 bits per heavy atom. The number of hydrazone groups is 1. The van der Waals surface area contributed by atoms with Crippen LogP contribution in [0.15, 0.2) is 47.8 Å². The number of ether oxygens (including phenoxy) is 1. The zero-order valence-electron chi connectivity index (χ0n) is 15.5. The van der Waals surface area contributed by atoms with Gasteiger partial charge in [-0.1, -0.05) is 16.6 Å². The van der Waals surface area contributed by atoms with Crippen LogP contribution in [0.2, 0.25) is 5.02 Å². The van der Waals surface area contributed by atoms with E-state index in [9.17, 15) is 20.0 Å². The number of phenolic OH excluding ortho intramolecular Hbond substituents is 1. The summed E-state index contributed by atoms with van der Waals surface area (Å²) in [4.78, 5) is 25.8. The molecule has 30 heavy (non-hydrogen) atoms. The van der Waals surface area contributed by atoms with Crippen LogP contribution in [-0.4, -0.2) is 44.0 Å². The number of phenols is 1. The molecule has 0 atom stereocenters. The van der Waals surface area contributed by atoms with Gasteiger partial charge in [0.1, 0.15) is 11.5 Å². The van der Waals surface area contributed by atoms with E-state index in [4.69, 9.17) is 16.3 Å². The maximum absolute atomic E-state index is 12.1. The number of carbonyl (C=O) groups excluding carboxylic acids is 1. The average molecular weight is 431 g/mol. The van der Waals surface area contributed by atoms with Gasteiger partial charge in [-0.3, -0.25) is 4.79 Å². The second-order valence-electron chi connectivity index (χ2n) is 5.93. The predicted molar refractivity (Wildman–Crippen MR) is 107 cm³/mol. The summed E-state index contributed by atoms with van der Waals surface area (Å²) in [6.07, 6.45) is 2.64. The van der Waals surface area contributed by atoms with Crippen LogP contribution in [0.3, 0.4) is 0 Å². The molecule has 2 aromatic carbocycles. The number of hydrogen-bond acceptors (Lipinski definition) is 8. The summed E-state index contributed by atoms with van der Waals surface area (Å²) < 4.78 is 6.61. The molecule has 12 heteroatoms. The number of carbonyl (C=O) groups is 1. The van der Waals surface area contributed by atoms with Gasteiger partial charge >= 0.3 is 5.95 Å². The molecule has 11 nitrogen and oxygen atoms in total. The number of nitrogens with zero attached hydrogens (tertiary/aromatic N) is 5. The van der Waals surface area contributed by atoms with E-state index in [-0.39, 0.29) is 17.9 Å². The fraction of sp³-hybridized carbons (Fsp3) is 0.111. The Labute approximate surface area is 174 Å². The van der Waals surface area contributed by atoms with Crippen LogP contribution >= 0.6 is 11.6 Å². The first-order valence-corrected chi connectivity index (χ1v) is 8.78. The van der Waals surface area contributed by atoms with Crippen molar-refractivity contribution in [2.75, 3.05) is 7.11 Å². The zero-order valence-corrected chi connectivity index (χ0v) is 16.3. The molecule has 1 aromatic heterocycles. The van der Waals surface area contributed by atoms with Gasteiger partial charge in [0.2, 0.25) is 6.33 Å². The minimum Gasteiger partial charge on any atom is -0.507 e. The second-order valence-corrected chi connectivity index (χ2v) is 6.37. The van der Waals surface area contributed by atoms with E-state index in [2.05, 4.69) is 20.6 Å². The molecule has 2 N–H and O–H groups in total. The highest BCUT2D eigenvalue weighted by molar-refractivity contribution is 6.31. The minimum atomic E-state index is -0.683. The van der Waals surface area contributed by atoms with Gasteiger partial charge in [-0.15, -0.1) is 0 Å². The van der Waals surface area contributed by atoms with Gasteiger partial charge in [0.25, 0.3) is 5.91 Å². The topological polar surface area (TPSA) is 145 Å². The Balaban J connectivity index is 1.74. The van der Waals surface area contributed by atoms with Crippen molar-refractivity contribution in [1.82, 2.24) is 20.2 Å². The molecular formula is C18H15ClN6O5. The van der Waals surface area contributed by atoms with Crippen LogP contribution < -0.4 is 10.2 Å². The van der Waals surface area contributed by atoms with Crippen LogP contribution in [0.5, 0.6) is 11.5 Å². The first-order valence-electron chi connectivity index (χ1n) is 8.40. The van der Waals surface area contributed by atoms with Gasteiger partial charge in [0.15, 0.2) is 0 Å². The number of halogens is 1. The Morgan fingerprint density at radius 2 is 2.20 bits per heavy atom. The van der Waals surface area contributed by atoms with Crippen molar-refractivity contribution in [3.63, 3.8) is 0 Å². The second kappa shape index (κ2) is 9.01. The minimum absolute atomic E-state index is 0.0113. The molecule has 0 saturated carbocycles. The van der Waals surface area contributed by atoms with E-state index in [1.165, 1.54) is 42.5 Å². The van der Waals surface area contributed by atoms with Crippen molar-refractivity contribution in [2.24, 2.45) is 5.10 Å². The van der Waals surface area contributed by atoms with Crippen molar-refractivity contribution in [1.29, 1.82) is 0 Å². The zero-order chi connectivity index (χ0) is 21.7. The van der Waals surface area contributed by atoms with E-state index in [1.807, 2.05) is 0 Å². The molecule has 3 rings (SSSR count). The van der Waals surface area contributed by atoms with Crippen molar-refractivity contribution >= 4 is 29.7 Å². The fourth-order valence-electron chi connectivity index (χ4n) is 2.54. The van der Waals surface area contributed by atoms with Gasteiger partial charge in [0.05, 0.1) is 25.4 Å². The largest absolute Gasteiger partial charge is 0.507 e. The third-order valence-corrected chi connectivity index (χ3v) is 4.14. The van der Waals surface area contributed by atoms with Crippen molar-refractivity contribution in [2.45, 2.75) is 6.54 Å². The summed E-state index contributed by atoms with van der Waals surface area (Å²) in [7, 11) is 1.49. The number of benzene rings is 2. The normalized spacial score (nSPS) is 10.9. The Kier molecular flexibility index (Phi) is 6.23. The quantitative estimate of drug-likeness (QED) is 0.332. The van der Waals surface area contributed by atoms with Crippen molar-refractivity contribution < 1.29 is 19.6 Å². The first kappa shape index (κ1) is 20.7. The highest BCUT2D eigenvalue weighted by atomic mass is 35.5. The summed E-state index contributed by atoms with van der Waals surface area (Å²) >= 11 is 5.83. The number of amides is 1. The van der Waals surface area contributed by atoms with Crippen LogP contribution in [-0.2, 0) is 6.54 Å². The molecular weight excluding hydrogens is 416 g/mol. The van der Waals surface area contributed by atoms with E-state index < -0.39 is 16.8 Å². The first-order chi connectivity index (χ1) is 14.4. The lowest BCUT2D eigenvalue weighted by atomic mass is 10.1. The number of aromatic nitrogens is 3. The maximum atomic E-state index is 12.1. The number of nitro groups is 1. The molecule has 0 saturated heterocycles. The third kappa shape index (κ3) is 4.89. The van der Waals surface area contributed by atoms with Crippen LogP contribution in [0, 0.1) is 10.1 Å². The molecule has 3 aromatic rings. The van der Waals surface area contributed by atoms with Crippen LogP contribution in [0.4, 0.5) is 5.95 Å². The van der Waals surface area contributed by atoms with Crippen LogP contribution in [0.25, 0.3) is 0 Å². The molecule has 0 aliphatic heterocycles. The van der Waals surface area contributed by atoms with E-state index >= 15 is 0 Å². The van der Waals surface area contributed by atoms with Gasteiger partial charge in [-0.2, -0.15) is 9.78 Å². The molecule has 1 heterocycles. The highest BCUT2D eigenvalue weighted by Crippen LogP contribution is 2.22. The summed E-state index contributed by atoms with van der Waals surface area (Å²) in [5.41, 5.74) is 3.58. The van der Waals surface area contributed by atoms with E-state index in [0.29, 0.717) is 21.9 Å². The standard InChI is InChI=1S/C18H15ClN6O5/c1-30-16-5-2-11(6-12(16)9-24-10-20-18(23-24)25(28)29)8-21-22-17(27)14-7-13(19)3-4-15(14)26/h2-8,10,26H,9H2,1H3,(H,22,27)/b21-8-. The molecule has 0 radical (unpaired) electrons. The predicted octanol–water partition coefficient (Wildman–Crippen LogP) is 2.37. The lowest BCUT2D eigenvalue weighted by molar-refractivity contribution is -0.394. The molecule has 154 valence electrons. The van der Waals surface area contributed by atoms with E-state index in [0.717, 1.165) is 0 Å². The third-order valence-electron chi connectivity index (χ3n) is 3.91. The molecule has 0 aliphatic rings. The smallest absolute Gasteiger partial charge is 0.490 e. The van der Waals surface area contributed by atoms with Gasteiger partial charge in [-0.25, -0.2) is 5.43 Å². The number of nitrogens with one attached hydrogen (secondary N) is 1. The number of aromatic hydroxyl groups is 1. The summed E-state index contributed by atoms with van der Waals surface area (Å²) in [6.45, 7) is 0.175. The highest BCUT2D eigenvalue weighted by Gasteiger charge is 2.15. The van der Waals surface area contributed by atoms with Crippen molar-refractivity contribution in [3.05, 3.63) is 74.6 Å². The summed E-state index contributed by atoms with van der Waals surface area (Å²) in [5, 5.41) is 28.4. The molecule has 0 fully saturated rings.